The Morgan fingerprint density at radius 3 is 2.45 bits per heavy atom. The van der Waals surface area contributed by atoms with Gasteiger partial charge in [0.15, 0.2) is 0 Å². The number of nitrogens with zero attached hydrogens (tertiary/aromatic N) is 1. The van der Waals surface area contributed by atoms with E-state index in [-0.39, 0.29) is 17.7 Å². The van der Waals surface area contributed by atoms with Gasteiger partial charge in [-0.15, -0.1) is 0 Å². The predicted molar refractivity (Wildman–Crippen MR) is 71.6 cm³/mol. The number of anilines is 1. The molecule has 0 spiro atoms. The highest BCUT2D eigenvalue weighted by molar-refractivity contribution is 6.05. The average Bonchev–Trinajstić information content (AvgIpc) is 2.41. The molecule has 2 rings (SSSR count). The van der Waals surface area contributed by atoms with E-state index < -0.39 is 11.9 Å². The summed E-state index contributed by atoms with van der Waals surface area (Å²) in [6, 6.07) is 7.86. The molecule has 0 aliphatic rings. The second-order valence-electron chi connectivity index (χ2n) is 4.11. The van der Waals surface area contributed by atoms with Gasteiger partial charge in [-0.2, -0.15) is 0 Å². The van der Waals surface area contributed by atoms with Crippen LogP contribution in [0.1, 0.15) is 15.9 Å². The van der Waals surface area contributed by atoms with Crippen molar-refractivity contribution in [3.63, 3.8) is 0 Å². The first kappa shape index (κ1) is 13.5. The number of carboxylic acids is 1. The van der Waals surface area contributed by atoms with Crippen molar-refractivity contribution < 1.29 is 19.8 Å². The molecule has 0 aliphatic carbocycles. The number of hydrogen-bond acceptors (Lipinski definition) is 4. The fourth-order valence-corrected chi connectivity index (χ4v) is 1.66. The zero-order valence-electron chi connectivity index (χ0n) is 10.4. The Bertz CT molecular complexity index is 638. The third kappa shape index (κ3) is 3.32. The average molecular weight is 272 g/mol. The molecule has 0 aliphatic heterocycles. The van der Waals surface area contributed by atoms with Crippen LogP contribution in [0.5, 0.6) is 5.75 Å². The van der Waals surface area contributed by atoms with Crippen LogP contribution in [0, 0.1) is 0 Å². The van der Waals surface area contributed by atoms with Crippen molar-refractivity contribution in [3.8, 4) is 5.75 Å². The predicted octanol–water partition coefficient (Wildman–Crippen LogP) is 1.67. The lowest BCUT2D eigenvalue weighted by molar-refractivity contribution is -0.136. The lowest BCUT2D eigenvalue weighted by Crippen LogP contribution is -2.12. The molecule has 1 amide bonds. The fraction of sp³-hybridized carbons (Fsp3) is 0.0714. The largest absolute Gasteiger partial charge is 0.505 e. The van der Waals surface area contributed by atoms with Gasteiger partial charge in [-0.25, -0.2) is 0 Å². The number of aromatic nitrogens is 1. The molecule has 0 saturated heterocycles. The number of amides is 1. The number of carboxylic acid groups (broad SMARTS) is 1. The zero-order valence-corrected chi connectivity index (χ0v) is 10.4. The number of carbonyl (C=O) groups excluding carboxylic acids is 1. The third-order valence-electron chi connectivity index (χ3n) is 2.61. The molecule has 0 radical (unpaired) electrons. The number of carbonyl (C=O) groups is 2. The van der Waals surface area contributed by atoms with Crippen LogP contribution in [-0.4, -0.2) is 27.1 Å². The molecule has 0 bridgehead atoms. The van der Waals surface area contributed by atoms with E-state index in [9.17, 15) is 14.7 Å². The number of pyridine rings is 1. The van der Waals surface area contributed by atoms with Gasteiger partial charge in [0.05, 0.1) is 18.2 Å². The standard InChI is InChI=1S/C14H12N2O4/c17-12-8-15-6-5-11(12)14(20)16-10-3-1-9(2-4-10)7-13(18)19/h1-6,8,17H,7H2,(H,16,20)(H,18,19). The number of aromatic hydroxyl groups is 1. The third-order valence-corrected chi connectivity index (χ3v) is 2.61. The summed E-state index contributed by atoms with van der Waals surface area (Å²) in [4.78, 5) is 26.1. The molecule has 3 N–H and O–H groups in total. The van der Waals surface area contributed by atoms with E-state index in [1.54, 1.807) is 24.3 Å². The van der Waals surface area contributed by atoms with Gasteiger partial charge in [0.2, 0.25) is 0 Å². The van der Waals surface area contributed by atoms with E-state index in [2.05, 4.69) is 10.3 Å². The van der Waals surface area contributed by atoms with E-state index in [4.69, 9.17) is 5.11 Å². The van der Waals surface area contributed by atoms with Crippen LogP contribution in [-0.2, 0) is 11.2 Å². The van der Waals surface area contributed by atoms with Crippen LogP contribution in [0.2, 0.25) is 0 Å². The Kier molecular flexibility index (Phi) is 3.95. The van der Waals surface area contributed by atoms with Crippen LogP contribution >= 0.6 is 0 Å². The molecule has 1 aromatic carbocycles. The highest BCUT2D eigenvalue weighted by Gasteiger charge is 2.10. The topological polar surface area (TPSA) is 99.5 Å². The first-order chi connectivity index (χ1) is 9.56. The Balaban J connectivity index is 2.09. The SMILES string of the molecule is O=C(O)Cc1ccc(NC(=O)c2ccncc2O)cc1. The minimum absolute atomic E-state index is 0.0701. The van der Waals surface area contributed by atoms with Crippen molar-refractivity contribution in [1.82, 2.24) is 4.98 Å². The van der Waals surface area contributed by atoms with Crippen LogP contribution in [0.4, 0.5) is 5.69 Å². The molecule has 6 heteroatoms. The van der Waals surface area contributed by atoms with Gasteiger partial charge >= 0.3 is 5.97 Å². The molecule has 2 aromatic rings. The minimum Gasteiger partial charge on any atom is -0.505 e. The first-order valence-corrected chi connectivity index (χ1v) is 5.81. The smallest absolute Gasteiger partial charge is 0.307 e. The van der Waals surface area contributed by atoms with E-state index in [0.717, 1.165) is 0 Å². The maximum Gasteiger partial charge on any atom is 0.307 e. The summed E-state index contributed by atoms with van der Waals surface area (Å²) < 4.78 is 0. The van der Waals surface area contributed by atoms with Crippen LogP contribution in [0.3, 0.4) is 0 Å². The van der Waals surface area contributed by atoms with Gasteiger partial charge in [0.1, 0.15) is 5.75 Å². The fourth-order valence-electron chi connectivity index (χ4n) is 1.66. The summed E-state index contributed by atoms with van der Waals surface area (Å²) >= 11 is 0. The second kappa shape index (κ2) is 5.83. The monoisotopic (exact) mass is 272 g/mol. The van der Waals surface area contributed by atoms with Gasteiger partial charge in [0.25, 0.3) is 5.91 Å². The molecule has 0 unspecified atom stereocenters. The van der Waals surface area contributed by atoms with Crippen molar-refractivity contribution >= 4 is 17.6 Å². The molecular formula is C14H12N2O4. The van der Waals surface area contributed by atoms with E-state index in [1.807, 2.05) is 0 Å². The van der Waals surface area contributed by atoms with Crippen molar-refractivity contribution in [2.45, 2.75) is 6.42 Å². The molecular weight excluding hydrogens is 260 g/mol. The Morgan fingerprint density at radius 1 is 1.15 bits per heavy atom. The molecule has 6 nitrogen and oxygen atoms in total. The normalized spacial score (nSPS) is 10.0. The lowest BCUT2D eigenvalue weighted by atomic mass is 10.1. The number of hydrogen-bond donors (Lipinski definition) is 3. The summed E-state index contributed by atoms with van der Waals surface area (Å²) in [7, 11) is 0. The number of aliphatic carboxylic acids is 1. The van der Waals surface area contributed by atoms with Crippen molar-refractivity contribution in [2.24, 2.45) is 0 Å². The number of benzene rings is 1. The van der Waals surface area contributed by atoms with Gasteiger partial charge in [-0.05, 0) is 23.8 Å². The first-order valence-electron chi connectivity index (χ1n) is 5.81. The number of nitrogens with one attached hydrogen (secondary N) is 1. The van der Waals surface area contributed by atoms with Crippen LogP contribution < -0.4 is 5.32 Å². The molecule has 20 heavy (non-hydrogen) atoms. The summed E-state index contributed by atoms with van der Waals surface area (Å²) in [6.45, 7) is 0. The van der Waals surface area contributed by atoms with Crippen molar-refractivity contribution in [2.75, 3.05) is 5.32 Å². The Hall–Kier alpha value is -2.89. The van der Waals surface area contributed by atoms with Gasteiger partial charge in [-0.1, -0.05) is 12.1 Å². The Labute approximate surface area is 114 Å². The summed E-state index contributed by atoms with van der Waals surface area (Å²) in [5, 5.41) is 20.8. The van der Waals surface area contributed by atoms with Crippen molar-refractivity contribution in [1.29, 1.82) is 0 Å². The highest BCUT2D eigenvalue weighted by Crippen LogP contribution is 2.17. The maximum atomic E-state index is 11.9. The Morgan fingerprint density at radius 2 is 1.85 bits per heavy atom. The van der Waals surface area contributed by atoms with E-state index in [0.29, 0.717) is 11.3 Å². The zero-order chi connectivity index (χ0) is 14.5. The van der Waals surface area contributed by atoms with Crippen LogP contribution in [0.25, 0.3) is 0 Å². The molecule has 0 saturated carbocycles. The van der Waals surface area contributed by atoms with Gasteiger partial charge < -0.3 is 15.5 Å². The van der Waals surface area contributed by atoms with Gasteiger partial charge in [-0.3, -0.25) is 14.6 Å². The molecule has 0 fully saturated rings. The molecule has 1 aromatic heterocycles. The molecule has 102 valence electrons. The summed E-state index contributed by atoms with van der Waals surface area (Å²) in [6.07, 6.45) is 2.52. The molecule has 1 heterocycles. The van der Waals surface area contributed by atoms with E-state index in [1.165, 1.54) is 18.5 Å². The van der Waals surface area contributed by atoms with Gasteiger partial charge in [0, 0.05) is 11.9 Å². The second-order valence-corrected chi connectivity index (χ2v) is 4.11. The lowest BCUT2D eigenvalue weighted by Gasteiger charge is -2.07. The quantitative estimate of drug-likeness (QED) is 0.786. The minimum atomic E-state index is -0.913. The number of rotatable bonds is 4. The summed E-state index contributed by atoms with van der Waals surface area (Å²) in [5.41, 5.74) is 1.28. The van der Waals surface area contributed by atoms with Crippen molar-refractivity contribution in [3.05, 3.63) is 53.9 Å². The van der Waals surface area contributed by atoms with Crippen LogP contribution in [0.15, 0.2) is 42.7 Å². The maximum absolute atomic E-state index is 11.9. The van der Waals surface area contributed by atoms with E-state index >= 15 is 0 Å². The molecule has 0 atom stereocenters. The summed E-state index contributed by atoms with van der Waals surface area (Å²) in [5.74, 6) is -1.58. The highest BCUT2D eigenvalue weighted by atomic mass is 16.4.